The summed E-state index contributed by atoms with van der Waals surface area (Å²) in [5, 5.41) is 0. The van der Waals surface area contributed by atoms with Crippen LogP contribution < -0.4 is 5.73 Å². The molecule has 1 aromatic rings. The van der Waals surface area contributed by atoms with Gasteiger partial charge in [0.25, 0.3) is 0 Å². The van der Waals surface area contributed by atoms with E-state index in [4.69, 9.17) is 5.73 Å². The fourth-order valence-corrected chi connectivity index (χ4v) is 3.07. The molecule has 3 nitrogen and oxygen atoms in total. The van der Waals surface area contributed by atoms with Gasteiger partial charge < -0.3 is 5.73 Å². The minimum absolute atomic E-state index is 0.0819. The van der Waals surface area contributed by atoms with Crippen molar-refractivity contribution in [2.24, 2.45) is 5.73 Å². The summed E-state index contributed by atoms with van der Waals surface area (Å²) in [7, 11) is 2.22. The van der Waals surface area contributed by atoms with Gasteiger partial charge in [-0.3, -0.25) is 9.80 Å². The second kappa shape index (κ2) is 6.25. The Hall–Kier alpha value is -0.900. The van der Waals surface area contributed by atoms with Crippen LogP contribution in [-0.2, 0) is 0 Å². The Kier molecular flexibility index (Phi) is 4.84. The molecule has 1 saturated heterocycles. The Labute approximate surface area is 123 Å². The summed E-state index contributed by atoms with van der Waals surface area (Å²) in [6.07, 6.45) is 0. The van der Waals surface area contributed by atoms with Crippen molar-refractivity contribution in [2.45, 2.75) is 51.9 Å². The smallest absolute Gasteiger partial charge is 0.0450 e. The zero-order valence-electron chi connectivity index (χ0n) is 13.5. The molecule has 1 aliphatic rings. The standard InChI is InChI=1S/C17H29N3/c1-12-6-8-16(9-7-12)17(18)15(4)20-10-13(2)19(5)14(3)11-20/h6-9,13-15,17H,10-11,18H2,1-5H3. The molecule has 1 fully saturated rings. The molecule has 0 spiro atoms. The molecule has 3 heteroatoms. The van der Waals surface area contributed by atoms with Gasteiger partial charge in [0, 0.05) is 37.3 Å². The van der Waals surface area contributed by atoms with Crippen LogP contribution in [-0.4, -0.2) is 48.1 Å². The monoisotopic (exact) mass is 275 g/mol. The number of rotatable bonds is 3. The lowest BCUT2D eigenvalue weighted by Gasteiger charge is -2.46. The Morgan fingerprint density at radius 2 is 1.60 bits per heavy atom. The summed E-state index contributed by atoms with van der Waals surface area (Å²) in [5.41, 5.74) is 9.02. The van der Waals surface area contributed by atoms with Crippen LogP contribution in [0.5, 0.6) is 0 Å². The molecule has 0 bridgehead atoms. The van der Waals surface area contributed by atoms with E-state index in [0.717, 1.165) is 13.1 Å². The molecule has 2 N–H and O–H groups in total. The van der Waals surface area contributed by atoms with Gasteiger partial charge in [-0.25, -0.2) is 0 Å². The maximum absolute atomic E-state index is 6.49. The van der Waals surface area contributed by atoms with Gasteiger partial charge in [-0.2, -0.15) is 0 Å². The van der Waals surface area contributed by atoms with Crippen molar-refractivity contribution in [1.29, 1.82) is 0 Å². The van der Waals surface area contributed by atoms with E-state index >= 15 is 0 Å². The zero-order valence-corrected chi connectivity index (χ0v) is 13.5. The number of nitrogens with two attached hydrogens (primary N) is 1. The number of nitrogens with zero attached hydrogens (tertiary/aromatic N) is 2. The Bertz CT molecular complexity index is 416. The third-order valence-electron chi connectivity index (χ3n) is 4.95. The van der Waals surface area contributed by atoms with Crippen LogP contribution >= 0.6 is 0 Å². The summed E-state index contributed by atoms with van der Waals surface area (Å²) >= 11 is 0. The highest BCUT2D eigenvalue weighted by Gasteiger charge is 2.31. The molecule has 0 radical (unpaired) electrons. The third kappa shape index (κ3) is 3.22. The van der Waals surface area contributed by atoms with Crippen molar-refractivity contribution in [3.63, 3.8) is 0 Å². The summed E-state index contributed by atoms with van der Waals surface area (Å²) in [4.78, 5) is 5.00. The molecule has 112 valence electrons. The first-order valence-corrected chi connectivity index (χ1v) is 7.68. The molecule has 4 unspecified atom stereocenters. The van der Waals surface area contributed by atoms with Crippen molar-refractivity contribution >= 4 is 0 Å². The van der Waals surface area contributed by atoms with E-state index in [2.05, 4.69) is 68.8 Å². The van der Waals surface area contributed by atoms with E-state index in [1.165, 1.54) is 11.1 Å². The van der Waals surface area contributed by atoms with Crippen LogP contribution in [0.4, 0.5) is 0 Å². The average molecular weight is 275 g/mol. The van der Waals surface area contributed by atoms with Crippen LogP contribution in [0.25, 0.3) is 0 Å². The second-order valence-corrected chi connectivity index (χ2v) is 6.49. The molecule has 1 aromatic carbocycles. The van der Waals surface area contributed by atoms with Gasteiger partial charge in [-0.15, -0.1) is 0 Å². The first-order chi connectivity index (χ1) is 9.40. The van der Waals surface area contributed by atoms with E-state index in [0.29, 0.717) is 18.1 Å². The molecule has 1 heterocycles. The summed E-state index contributed by atoms with van der Waals surface area (Å²) in [6, 6.07) is 10.3. The highest BCUT2D eigenvalue weighted by molar-refractivity contribution is 5.25. The third-order valence-corrected chi connectivity index (χ3v) is 4.95. The number of aryl methyl sites for hydroxylation is 1. The minimum Gasteiger partial charge on any atom is -0.323 e. The van der Waals surface area contributed by atoms with E-state index < -0.39 is 0 Å². The minimum atomic E-state index is 0.0819. The number of benzene rings is 1. The van der Waals surface area contributed by atoms with Crippen LogP contribution in [0, 0.1) is 6.92 Å². The molecule has 4 atom stereocenters. The predicted molar refractivity (Wildman–Crippen MR) is 85.8 cm³/mol. The van der Waals surface area contributed by atoms with Gasteiger partial charge in [-0.1, -0.05) is 29.8 Å². The Morgan fingerprint density at radius 1 is 1.10 bits per heavy atom. The maximum Gasteiger partial charge on any atom is 0.0450 e. The van der Waals surface area contributed by atoms with Crippen molar-refractivity contribution in [2.75, 3.05) is 20.1 Å². The molecule has 0 aromatic heterocycles. The average Bonchev–Trinajstić information content (AvgIpc) is 2.43. The van der Waals surface area contributed by atoms with Crippen molar-refractivity contribution in [1.82, 2.24) is 9.80 Å². The second-order valence-electron chi connectivity index (χ2n) is 6.49. The van der Waals surface area contributed by atoms with Gasteiger partial charge in [-0.05, 0) is 40.3 Å². The highest BCUT2D eigenvalue weighted by atomic mass is 15.3. The Morgan fingerprint density at radius 3 is 2.10 bits per heavy atom. The van der Waals surface area contributed by atoms with E-state index in [9.17, 15) is 0 Å². The summed E-state index contributed by atoms with van der Waals surface area (Å²) < 4.78 is 0. The first-order valence-electron chi connectivity index (χ1n) is 7.68. The van der Waals surface area contributed by atoms with Gasteiger partial charge in [0.2, 0.25) is 0 Å². The first kappa shape index (κ1) is 15.5. The fourth-order valence-electron chi connectivity index (χ4n) is 3.07. The van der Waals surface area contributed by atoms with Gasteiger partial charge in [0.1, 0.15) is 0 Å². The van der Waals surface area contributed by atoms with Crippen LogP contribution in [0.3, 0.4) is 0 Å². The quantitative estimate of drug-likeness (QED) is 0.919. The highest BCUT2D eigenvalue weighted by Crippen LogP contribution is 2.23. The fraction of sp³-hybridized carbons (Fsp3) is 0.647. The summed E-state index contributed by atoms with van der Waals surface area (Å²) in [6.45, 7) is 11.2. The van der Waals surface area contributed by atoms with E-state index in [1.54, 1.807) is 0 Å². The van der Waals surface area contributed by atoms with Crippen molar-refractivity contribution in [3.8, 4) is 0 Å². The largest absolute Gasteiger partial charge is 0.323 e. The number of hydrogen-bond donors (Lipinski definition) is 1. The number of hydrogen-bond acceptors (Lipinski definition) is 3. The zero-order chi connectivity index (χ0) is 14.9. The number of piperazine rings is 1. The van der Waals surface area contributed by atoms with Gasteiger partial charge in [0.05, 0.1) is 0 Å². The van der Waals surface area contributed by atoms with Crippen LogP contribution in [0.2, 0.25) is 0 Å². The molecule has 20 heavy (non-hydrogen) atoms. The molecule has 2 rings (SSSR count). The van der Waals surface area contributed by atoms with Crippen molar-refractivity contribution in [3.05, 3.63) is 35.4 Å². The normalized spacial score (nSPS) is 28.3. The topological polar surface area (TPSA) is 32.5 Å². The molecule has 0 amide bonds. The Balaban J connectivity index is 2.06. The molecular weight excluding hydrogens is 246 g/mol. The van der Waals surface area contributed by atoms with E-state index in [1.807, 2.05) is 0 Å². The van der Waals surface area contributed by atoms with Gasteiger partial charge >= 0.3 is 0 Å². The van der Waals surface area contributed by atoms with Crippen LogP contribution in [0.1, 0.15) is 37.9 Å². The van der Waals surface area contributed by atoms with Crippen LogP contribution in [0.15, 0.2) is 24.3 Å². The lowest BCUT2D eigenvalue weighted by molar-refractivity contribution is 0.0314. The van der Waals surface area contributed by atoms with Gasteiger partial charge in [0.15, 0.2) is 0 Å². The molecule has 0 aliphatic carbocycles. The number of likely N-dealkylation sites (N-methyl/N-ethyl adjacent to an activating group) is 1. The summed E-state index contributed by atoms with van der Waals surface area (Å²) in [5.74, 6) is 0. The van der Waals surface area contributed by atoms with E-state index in [-0.39, 0.29) is 6.04 Å². The SMILES string of the molecule is Cc1ccc(C(N)C(C)N2CC(C)N(C)C(C)C2)cc1. The maximum atomic E-state index is 6.49. The molecular formula is C17H29N3. The molecule has 0 saturated carbocycles. The molecule has 1 aliphatic heterocycles. The predicted octanol–water partition coefficient (Wildman–Crippen LogP) is 2.41. The van der Waals surface area contributed by atoms with Crippen molar-refractivity contribution < 1.29 is 0 Å². The lowest BCUT2D eigenvalue weighted by atomic mass is 9.97. The lowest BCUT2D eigenvalue weighted by Crippen LogP contribution is -2.58.